The predicted octanol–water partition coefficient (Wildman–Crippen LogP) is 1.09. The van der Waals surface area contributed by atoms with Gasteiger partial charge < -0.3 is 19.6 Å². The third-order valence-electron chi connectivity index (χ3n) is 7.27. The van der Waals surface area contributed by atoms with Gasteiger partial charge in [0, 0.05) is 51.4 Å². The van der Waals surface area contributed by atoms with Crippen LogP contribution in [0.5, 0.6) is 0 Å². The van der Waals surface area contributed by atoms with E-state index in [1.165, 1.54) is 0 Å². The van der Waals surface area contributed by atoms with Crippen LogP contribution in [0.2, 0.25) is 0 Å². The molecule has 0 amide bonds. The van der Waals surface area contributed by atoms with Crippen LogP contribution in [0.3, 0.4) is 0 Å². The number of anilines is 2. The highest BCUT2D eigenvalue weighted by molar-refractivity contribution is 5.61. The van der Waals surface area contributed by atoms with Crippen LogP contribution in [0.25, 0.3) is 0 Å². The van der Waals surface area contributed by atoms with Gasteiger partial charge in [-0.05, 0) is 51.9 Å². The molecule has 2 rings (SSSR count). The quantitative estimate of drug-likeness (QED) is 0.355. The number of hydrogen-bond acceptors (Lipinski definition) is 8. The maximum Gasteiger partial charge on any atom is 0.249 e. The topological polar surface area (TPSA) is 81.2 Å². The first-order valence-electron chi connectivity index (χ1n) is 12.3. The number of nitrogens with zero attached hydrogens (tertiary/aromatic N) is 4. The molecule has 0 atom stereocenters. The van der Waals surface area contributed by atoms with E-state index >= 15 is 0 Å². The minimum Gasteiger partial charge on any atom is -0.370 e. The first-order chi connectivity index (χ1) is 15.9. The summed E-state index contributed by atoms with van der Waals surface area (Å²) in [7, 11) is 5.79. The fourth-order valence-corrected chi connectivity index (χ4v) is 4.62. The van der Waals surface area contributed by atoms with Gasteiger partial charge in [0.15, 0.2) is 0 Å². The zero-order valence-electron chi connectivity index (χ0n) is 22.3. The second kappa shape index (κ2) is 11.4. The summed E-state index contributed by atoms with van der Waals surface area (Å²) < 4.78 is 0. The Balaban J connectivity index is 1.94. The third kappa shape index (κ3) is 5.84. The molecule has 0 aromatic heterocycles. The maximum absolute atomic E-state index is 12.5. The van der Waals surface area contributed by atoms with Gasteiger partial charge in [-0.25, -0.2) is 0 Å². The third-order valence-corrected chi connectivity index (χ3v) is 7.27. The smallest absolute Gasteiger partial charge is 0.249 e. The second-order valence-corrected chi connectivity index (χ2v) is 10.2. The summed E-state index contributed by atoms with van der Waals surface area (Å²) in [6.07, 6.45) is 1.70. The molecule has 0 aliphatic rings. The van der Waals surface area contributed by atoms with Crippen molar-refractivity contribution in [3.05, 3.63) is 52.0 Å². The van der Waals surface area contributed by atoms with Crippen LogP contribution in [0.1, 0.15) is 51.7 Å². The van der Waals surface area contributed by atoms with E-state index in [2.05, 4.69) is 37.5 Å². The molecule has 0 heterocycles. The van der Waals surface area contributed by atoms with Crippen molar-refractivity contribution >= 4 is 11.4 Å². The van der Waals surface area contributed by atoms with Gasteiger partial charge in [-0.15, -0.1) is 0 Å². The Morgan fingerprint density at radius 3 is 1.79 bits per heavy atom. The number of hydrogen-bond donors (Lipinski definition) is 0. The normalized spacial score (nSPS) is 12.4. The Morgan fingerprint density at radius 1 is 0.676 bits per heavy atom. The lowest BCUT2D eigenvalue weighted by atomic mass is 9.76. The van der Waals surface area contributed by atoms with Crippen LogP contribution in [0.15, 0.2) is 19.2 Å². The highest BCUT2D eigenvalue weighted by atomic mass is 16.2. The van der Waals surface area contributed by atoms with E-state index in [4.69, 9.17) is 0 Å². The molecule has 8 heteroatoms. The molecule has 0 spiro atoms. The van der Waals surface area contributed by atoms with Gasteiger partial charge in [-0.1, -0.05) is 27.7 Å². The molecule has 0 fully saturated rings. The van der Waals surface area contributed by atoms with Crippen molar-refractivity contribution in [1.29, 1.82) is 0 Å². The zero-order valence-corrected chi connectivity index (χ0v) is 22.3. The van der Waals surface area contributed by atoms with E-state index in [1.807, 2.05) is 30.9 Å². The Labute approximate surface area is 203 Å². The average molecular weight is 475 g/mol. The van der Waals surface area contributed by atoms with Crippen LogP contribution < -0.4 is 31.5 Å². The Hall–Kier alpha value is -2.32. The predicted molar refractivity (Wildman–Crippen MR) is 142 cm³/mol. The Morgan fingerprint density at radius 2 is 1.24 bits per heavy atom. The van der Waals surface area contributed by atoms with Crippen molar-refractivity contribution in [2.24, 2.45) is 0 Å². The van der Waals surface area contributed by atoms with Gasteiger partial charge in [-0.3, -0.25) is 19.2 Å². The summed E-state index contributed by atoms with van der Waals surface area (Å²) >= 11 is 0. The molecule has 0 N–H and O–H groups in total. The largest absolute Gasteiger partial charge is 0.370 e. The summed E-state index contributed by atoms with van der Waals surface area (Å²) in [5.74, 6) is 0. The van der Waals surface area contributed by atoms with Crippen LogP contribution in [0.4, 0.5) is 11.4 Å². The molecule has 0 aliphatic carbocycles. The van der Waals surface area contributed by atoms with Crippen LogP contribution >= 0.6 is 0 Å². The van der Waals surface area contributed by atoms with Gasteiger partial charge in [0.05, 0.1) is 11.4 Å². The lowest BCUT2D eigenvalue weighted by Gasteiger charge is -2.33. The van der Waals surface area contributed by atoms with Crippen molar-refractivity contribution < 1.29 is 0 Å². The van der Waals surface area contributed by atoms with Crippen LogP contribution in [0, 0.1) is 6.92 Å². The molecule has 0 radical (unpaired) electrons. The molecule has 0 unspecified atom stereocenters. The Kier molecular flexibility index (Phi) is 9.37. The molecule has 0 saturated heterocycles. The van der Waals surface area contributed by atoms with Crippen LogP contribution in [-0.4, -0.2) is 76.8 Å². The molecule has 190 valence electrons. The van der Waals surface area contributed by atoms with E-state index in [0.29, 0.717) is 35.6 Å². The second-order valence-electron chi connectivity index (χ2n) is 10.2. The van der Waals surface area contributed by atoms with Gasteiger partial charge >= 0.3 is 0 Å². The minimum atomic E-state index is -0.389. The van der Waals surface area contributed by atoms with Gasteiger partial charge in [0.1, 0.15) is 0 Å². The van der Waals surface area contributed by atoms with Crippen molar-refractivity contribution in [2.45, 2.75) is 52.9 Å². The fourth-order valence-electron chi connectivity index (χ4n) is 4.62. The summed E-state index contributed by atoms with van der Waals surface area (Å²) in [4.78, 5) is 56.5. The lowest BCUT2D eigenvalue weighted by molar-refractivity contribution is 0.276. The molecule has 0 bridgehead atoms. The minimum absolute atomic E-state index is 0.340. The monoisotopic (exact) mass is 474 g/mol. The molecule has 2 aromatic carbocycles. The summed E-state index contributed by atoms with van der Waals surface area (Å²) in [5.41, 5.74) is 0.481. The molecule has 2 aromatic rings. The highest BCUT2D eigenvalue weighted by Crippen LogP contribution is 2.32. The van der Waals surface area contributed by atoms with Crippen molar-refractivity contribution in [3.8, 4) is 0 Å². The first kappa shape index (κ1) is 27.9. The van der Waals surface area contributed by atoms with Gasteiger partial charge in [0.25, 0.3) is 0 Å². The van der Waals surface area contributed by atoms with Gasteiger partial charge in [0.2, 0.25) is 21.7 Å². The molecule has 34 heavy (non-hydrogen) atoms. The van der Waals surface area contributed by atoms with E-state index in [1.54, 1.807) is 6.92 Å². The van der Waals surface area contributed by atoms with E-state index in [9.17, 15) is 19.2 Å². The highest BCUT2D eigenvalue weighted by Gasteiger charge is 2.35. The fraction of sp³-hybridized carbons (Fsp3) is 0.692. The summed E-state index contributed by atoms with van der Waals surface area (Å²) in [6.45, 7) is 15.7. The molecule has 8 nitrogen and oxygen atoms in total. The lowest BCUT2D eigenvalue weighted by Crippen LogP contribution is -2.48. The van der Waals surface area contributed by atoms with E-state index < -0.39 is 0 Å². The molecular formula is C26H42N4O4. The van der Waals surface area contributed by atoms with Crippen molar-refractivity contribution in [1.82, 2.24) is 9.80 Å². The SMILES string of the molecule is CCN(C)CCN(C)c1c(C(C)(C)CCCN(CC)CCN(C)c2c(C)c(=O)c2=O)c(=O)c1=O. The van der Waals surface area contributed by atoms with Crippen molar-refractivity contribution in [2.75, 3.05) is 76.8 Å². The number of likely N-dealkylation sites (N-methyl/N-ethyl adjacent to an activating group) is 4. The zero-order chi connectivity index (χ0) is 25.8. The van der Waals surface area contributed by atoms with Gasteiger partial charge in [-0.2, -0.15) is 0 Å². The van der Waals surface area contributed by atoms with E-state index in [0.717, 1.165) is 45.6 Å². The first-order valence-corrected chi connectivity index (χ1v) is 12.3. The molecule has 0 saturated carbocycles. The molecular weight excluding hydrogens is 432 g/mol. The van der Waals surface area contributed by atoms with E-state index in [-0.39, 0.29) is 27.1 Å². The molecule has 0 aliphatic heterocycles. The standard InChI is InChI=1S/C26H42N4O4/c1-9-27(6)14-15-29(8)21-19(23(32)25(21)34)26(4,5)12-11-13-30(10-2)17-16-28(7)20-18(3)22(31)24(20)33/h9-17H2,1-8H3. The maximum atomic E-state index is 12.5. The number of rotatable bonds is 15. The van der Waals surface area contributed by atoms with Crippen LogP contribution in [-0.2, 0) is 5.41 Å². The summed E-state index contributed by atoms with van der Waals surface area (Å²) in [5, 5.41) is 0. The average Bonchev–Trinajstić information content (AvgIpc) is 2.81. The Bertz CT molecular complexity index is 1110. The summed E-state index contributed by atoms with van der Waals surface area (Å²) in [6, 6.07) is 0. The van der Waals surface area contributed by atoms with Crippen molar-refractivity contribution in [3.63, 3.8) is 0 Å².